The highest BCUT2D eigenvalue weighted by molar-refractivity contribution is 9.10. The van der Waals surface area contributed by atoms with Crippen LogP contribution >= 0.6 is 15.9 Å². The van der Waals surface area contributed by atoms with Crippen LogP contribution in [0.2, 0.25) is 0 Å². The van der Waals surface area contributed by atoms with Crippen LogP contribution in [0.3, 0.4) is 0 Å². The lowest BCUT2D eigenvalue weighted by Crippen LogP contribution is -2.03. The summed E-state index contributed by atoms with van der Waals surface area (Å²) in [6.07, 6.45) is 0. The van der Waals surface area contributed by atoms with Crippen molar-refractivity contribution in [2.75, 3.05) is 0 Å². The van der Waals surface area contributed by atoms with Gasteiger partial charge in [0.2, 0.25) is 0 Å². The van der Waals surface area contributed by atoms with E-state index >= 15 is 0 Å². The summed E-state index contributed by atoms with van der Waals surface area (Å²) in [6.45, 7) is 5.83. The number of benzene rings is 1. The van der Waals surface area contributed by atoms with Crippen molar-refractivity contribution in [2.24, 2.45) is 0 Å². The Morgan fingerprint density at radius 2 is 1.78 bits per heavy atom. The van der Waals surface area contributed by atoms with Gasteiger partial charge in [-0.2, -0.15) is 5.10 Å². The lowest BCUT2D eigenvalue weighted by molar-refractivity contribution is 0.0690. The van der Waals surface area contributed by atoms with Crippen LogP contribution in [0.1, 0.15) is 27.3 Å². The molecule has 1 aromatic carbocycles. The van der Waals surface area contributed by atoms with E-state index < -0.39 is 5.97 Å². The zero-order chi connectivity index (χ0) is 13.4. The van der Waals surface area contributed by atoms with Crippen LogP contribution < -0.4 is 0 Å². The molecule has 5 heteroatoms. The zero-order valence-electron chi connectivity index (χ0n) is 10.4. The van der Waals surface area contributed by atoms with E-state index in [1.54, 1.807) is 10.7 Å². The van der Waals surface area contributed by atoms with Crippen LogP contribution in [0.25, 0.3) is 5.69 Å². The van der Waals surface area contributed by atoms with Gasteiger partial charge in [0, 0.05) is 10.2 Å². The average molecular weight is 309 g/mol. The smallest absolute Gasteiger partial charge is 0.356 e. The first-order valence-electron chi connectivity index (χ1n) is 5.47. The van der Waals surface area contributed by atoms with Crippen molar-refractivity contribution < 1.29 is 9.90 Å². The van der Waals surface area contributed by atoms with E-state index in [0.717, 1.165) is 27.0 Å². The number of hydrogen-bond acceptors (Lipinski definition) is 2. The Morgan fingerprint density at radius 1 is 1.22 bits per heavy atom. The third-order valence-corrected chi connectivity index (χ3v) is 4.02. The number of hydrogen-bond donors (Lipinski definition) is 1. The highest BCUT2D eigenvalue weighted by atomic mass is 79.9. The number of halogens is 1. The molecule has 0 radical (unpaired) electrons. The quantitative estimate of drug-likeness (QED) is 0.926. The number of aromatic nitrogens is 2. The van der Waals surface area contributed by atoms with Gasteiger partial charge < -0.3 is 5.11 Å². The highest BCUT2D eigenvalue weighted by Gasteiger charge is 2.12. The minimum atomic E-state index is -1.01. The molecule has 0 spiro atoms. The third kappa shape index (κ3) is 2.18. The molecule has 0 fully saturated rings. The number of carboxylic acid groups (broad SMARTS) is 1. The van der Waals surface area contributed by atoms with Gasteiger partial charge in [-0.15, -0.1) is 0 Å². The first-order chi connectivity index (χ1) is 8.40. The molecule has 0 atom stereocenters. The monoisotopic (exact) mass is 308 g/mol. The largest absolute Gasteiger partial charge is 0.476 e. The summed E-state index contributed by atoms with van der Waals surface area (Å²) in [6, 6.07) is 5.51. The molecule has 2 aromatic rings. The number of aryl methyl sites for hydroxylation is 3. The van der Waals surface area contributed by atoms with Crippen LogP contribution in [0.15, 0.2) is 22.7 Å². The fraction of sp³-hybridized carbons (Fsp3) is 0.231. The van der Waals surface area contributed by atoms with E-state index in [9.17, 15) is 4.79 Å². The highest BCUT2D eigenvalue weighted by Crippen LogP contribution is 2.25. The molecular formula is C13H13BrN2O2. The molecule has 1 heterocycles. The Kier molecular flexibility index (Phi) is 3.26. The molecular weight excluding hydrogens is 296 g/mol. The molecule has 94 valence electrons. The van der Waals surface area contributed by atoms with E-state index in [4.69, 9.17) is 5.11 Å². The van der Waals surface area contributed by atoms with Crippen molar-refractivity contribution in [2.45, 2.75) is 20.8 Å². The summed E-state index contributed by atoms with van der Waals surface area (Å²) in [4.78, 5) is 10.9. The predicted molar refractivity (Wildman–Crippen MR) is 72.4 cm³/mol. The normalized spacial score (nSPS) is 10.7. The molecule has 1 aromatic heterocycles. The third-order valence-electron chi connectivity index (χ3n) is 2.77. The van der Waals surface area contributed by atoms with Crippen LogP contribution in [0.4, 0.5) is 0 Å². The van der Waals surface area contributed by atoms with Gasteiger partial charge >= 0.3 is 5.97 Å². The number of carbonyl (C=O) groups is 1. The molecule has 2 rings (SSSR count). The van der Waals surface area contributed by atoms with Gasteiger partial charge in [-0.25, -0.2) is 9.48 Å². The molecule has 0 saturated carbocycles. The van der Waals surface area contributed by atoms with Crippen LogP contribution in [0, 0.1) is 20.8 Å². The standard InChI is InChI=1S/C13H13BrN2O2/c1-7-4-10(5-8(2)12(7)14)16-9(3)6-11(15-16)13(17)18/h4-6H,1-3H3,(H,17,18). The fourth-order valence-electron chi connectivity index (χ4n) is 1.89. The maximum atomic E-state index is 10.9. The van der Waals surface area contributed by atoms with Gasteiger partial charge in [-0.1, -0.05) is 15.9 Å². The number of aromatic carboxylic acids is 1. The molecule has 0 aliphatic rings. The molecule has 0 unspecified atom stereocenters. The Hall–Kier alpha value is -1.62. The van der Waals surface area contributed by atoms with Gasteiger partial charge in [0.1, 0.15) is 0 Å². The molecule has 0 amide bonds. The average Bonchev–Trinajstić information content (AvgIpc) is 2.68. The first kappa shape index (κ1) is 12.8. The molecule has 0 aliphatic heterocycles. The second-order valence-corrected chi connectivity index (χ2v) is 5.07. The SMILES string of the molecule is Cc1cc(-n2nc(C(=O)O)cc2C)cc(C)c1Br. The van der Waals surface area contributed by atoms with E-state index in [-0.39, 0.29) is 5.69 Å². The minimum Gasteiger partial charge on any atom is -0.476 e. The van der Waals surface area contributed by atoms with E-state index in [2.05, 4.69) is 21.0 Å². The summed E-state index contributed by atoms with van der Waals surface area (Å²) in [5.74, 6) is -1.01. The maximum absolute atomic E-state index is 10.9. The topological polar surface area (TPSA) is 55.1 Å². The van der Waals surface area contributed by atoms with Crippen molar-refractivity contribution in [3.8, 4) is 5.69 Å². The molecule has 0 saturated heterocycles. The van der Waals surface area contributed by atoms with Crippen molar-refractivity contribution in [1.29, 1.82) is 0 Å². The van der Waals surface area contributed by atoms with Crippen LogP contribution in [0.5, 0.6) is 0 Å². The summed E-state index contributed by atoms with van der Waals surface area (Å²) in [5, 5.41) is 13.0. The Morgan fingerprint density at radius 3 is 2.22 bits per heavy atom. The number of rotatable bonds is 2. The van der Waals surface area contributed by atoms with E-state index in [0.29, 0.717) is 0 Å². The van der Waals surface area contributed by atoms with Crippen LogP contribution in [-0.4, -0.2) is 20.9 Å². The van der Waals surface area contributed by atoms with Gasteiger partial charge in [0.05, 0.1) is 5.69 Å². The second-order valence-electron chi connectivity index (χ2n) is 4.28. The summed E-state index contributed by atoms with van der Waals surface area (Å²) < 4.78 is 2.71. The molecule has 0 bridgehead atoms. The summed E-state index contributed by atoms with van der Waals surface area (Å²) in [7, 11) is 0. The summed E-state index contributed by atoms with van der Waals surface area (Å²) in [5.41, 5.74) is 3.92. The van der Waals surface area contributed by atoms with Gasteiger partial charge in [0.15, 0.2) is 5.69 Å². The Balaban J connectivity index is 2.58. The van der Waals surface area contributed by atoms with Gasteiger partial charge in [0.25, 0.3) is 0 Å². The predicted octanol–water partition coefficient (Wildman–Crippen LogP) is 3.26. The maximum Gasteiger partial charge on any atom is 0.356 e. The Labute approximate surface area is 113 Å². The van der Waals surface area contributed by atoms with Crippen molar-refractivity contribution in [1.82, 2.24) is 9.78 Å². The van der Waals surface area contributed by atoms with Crippen molar-refractivity contribution in [3.05, 3.63) is 45.2 Å². The lowest BCUT2D eigenvalue weighted by Gasteiger charge is -2.09. The van der Waals surface area contributed by atoms with Gasteiger partial charge in [-0.05, 0) is 50.1 Å². The lowest BCUT2D eigenvalue weighted by atomic mass is 10.1. The molecule has 18 heavy (non-hydrogen) atoms. The molecule has 4 nitrogen and oxygen atoms in total. The second kappa shape index (κ2) is 4.57. The first-order valence-corrected chi connectivity index (χ1v) is 6.26. The molecule has 1 N–H and O–H groups in total. The van der Waals surface area contributed by atoms with Crippen LogP contribution in [-0.2, 0) is 0 Å². The van der Waals surface area contributed by atoms with Crippen molar-refractivity contribution >= 4 is 21.9 Å². The summed E-state index contributed by atoms with van der Waals surface area (Å²) >= 11 is 3.51. The van der Waals surface area contributed by atoms with E-state index in [1.165, 1.54) is 0 Å². The minimum absolute atomic E-state index is 0.0609. The fourth-order valence-corrected chi connectivity index (χ4v) is 2.11. The Bertz CT molecular complexity index is 609. The number of nitrogens with zero attached hydrogens (tertiary/aromatic N) is 2. The van der Waals surface area contributed by atoms with Crippen molar-refractivity contribution in [3.63, 3.8) is 0 Å². The number of carboxylic acids is 1. The zero-order valence-corrected chi connectivity index (χ0v) is 11.9. The van der Waals surface area contributed by atoms with Gasteiger partial charge in [-0.3, -0.25) is 0 Å². The molecule has 0 aliphatic carbocycles. The van der Waals surface area contributed by atoms with E-state index in [1.807, 2.05) is 32.9 Å².